The summed E-state index contributed by atoms with van der Waals surface area (Å²) in [6.45, 7) is 3.37. The number of nitrogens with zero attached hydrogens (tertiary/aromatic N) is 3. The molecule has 0 spiro atoms. The lowest BCUT2D eigenvalue weighted by Gasteiger charge is -2.17. The first-order valence-electron chi connectivity index (χ1n) is 9.49. The van der Waals surface area contributed by atoms with E-state index in [1.807, 2.05) is 23.9 Å². The minimum absolute atomic E-state index is 0.0659. The fraction of sp³-hybridized carbons (Fsp3) is 0.500. The molecule has 7 heteroatoms. The van der Waals surface area contributed by atoms with Gasteiger partial charge in [0, 0.05) is 54.4 Å². The van der Waals surface area contributed by atoms with Crippen LogP contribution in [0.1, 0.15) is 48.9 Å². The van der Waals surface area contributed by atoms with Crippen molar-refractivity contribution in [3.8, 4) is 11.3 Å². The van der Waals surface area contributed by atoms with Crippen LogP contribution in [-0.4, -0.2) is 38.9 Å². The van der Waals surface area contributed by atoms with Crippen LogP contribution in [0.15, 0.2) is 24.5 Å². The molecule has 1 saturated heterocycles. The Balaban J connectivity index is 1.58. The van der Waals surface area contributed by atoms with E-state index in [0.29, 0.717) is 19.6 Å². The highest BCUT2D eigenvalue weighted by atomic mass is 19.3. The Hall–Kier alpha value is -2.28. The van der Waals surface area contributed by atoms with Gasteiger partial charge in [-0.25, -0.2) is 13.8 Å². The zero-order valence-corrected chi connectivity index (χ0v) is 15.2. The maximum atomic E-state index is 13.8. The molecule has 27 heavy (non-hydrogen) atoms. The number of pyridine rings is 1. The van der Waals surface area contributed by atoms with E-state index >= 15 is 0 Å². The van der Waals surface area contributed by atoms with Gasteiger partial charge < -0.3 is 9.72 Å². The molecule has 3 aromatic heterocycles. The van der Waals surface area contributed by atoms with Crippen LogP contribution in [-0.2, 0) is 4.74 Å². The maximum Gasteiger partial charge on any atom is 0.250 e. The zero-order chi connectivity index (χ0) is 18.6. The van der Waals surface area contributed by atoms with E-state index in [1.54, 1.807) is 6.20 Å². The molecule has 2 fully saturated rings. The molecule has 0 amide bonds. The van der Waals surface area contributed by atoms with Gasteiger partial charge in [0.15, 0.2) is 0 Å². The largest absolute Gasteiger partial charge is 0.381 e. The van der Waals surface area contributed by atoms with Gasteiger partial charge >= 0.3 is 0 Å². The summed E-state index contributed by atoms with van der Waals surface area (Å²) in [6.07, 6.45) is 4.89. The van der Waals surface area contributed by atoms with Crippen molar-refractivity contribution in [2.45, 2.75) is 50.5 Å². The molecule has 1 N–H and O–H groups in total. The number of aryl methyl sites for hydroxylation is 1. The number of halogens is 2. The summed E-state index contributed by atoms with van der Waals surface area (Å²) in [5.41, 5.74) is 4.68. The molecule has 4 heterocycles. The van der Waals surface area contributed by atoms with Crippen molar-refractivity contribution in [3.63, 3.8) is 0 Å². The van der Waals surface area contributed by atoms with Crippen LogP contribution in [0.25, 0.3) is 22.3 Å². The Morgan fingerprint density at radius 2 is 2.19 bits per heavy atom. The Kier molecular flexibility index (Phi) is 3.82. The number of rotatable bonds is 3. The van der Waals surface area contributed by atoms with Crippen LogP contribution in [0.3, 0.4) is 0 Å². The normalized spacial score (nSPS) is 24.9. The summed E-state index contributed by atoms with van der Waals surface area (Å²) in [5, 5.41) is 5.83. The number of alkyl halides is 2. The standard InChI is InChI=1S/C20H22F2N4O/c1-12-9-23-19-16(12)6-14(10-24-19)17-7-18(13-3-5-27-11-13)26(25-17)15-2-4-20(21,22)8-15/h6-7,9-10,13,15H,2-5,8,11H2,1H3,(H,23,24)/t13-,15+/m1/s1. The molecule has 0 unspecified atom stereocenters. The van der Waals surface area contributed by atoms with E-state index in [9.17, 15) is 8.78 Å². The van der Waals surface area contributed by atoms with E-state index in [0.717, 1.165) is 40.0 Å². The predicted molar refractivity (Wildman–Crippen MR) is 98.1 cm³/mol. The highest BCUT2D eigenvalue weighted by Gasteiger charge is 2.42. The van der Waals surface area contributed by atoms with Crippen molar-refractivity contribution in [2.75, 3.05) is 13.2 Å². The first kappa shape index (κ1) is 16.9. The van der Waals surface area contributed by atoms with Gasteiger partial charge in [-0.1, -0.05) is 0 Å². The smallest absolute Gasteiger partial charge is 0.250 e. The third-order valence-corrected chi connectivity index (χ3v) is 5.87. The van der Waals surface area contributed by atoms with E-state index in [4.69, 9.17) is 9.84 Å². The highest BCUT2D eigenvalue weighted by molar-refractivity contribution is 5.83. The second kappa shape index (κ2) is 6.12. The van der Waals surface area contributed by atoms with Gasteiger partial charge in [-0.2, -0.15) is 5.10 Å². The SMILES string of the molecule is Cc1c[nH]c2ncc(-c3cc([C@@H]4CCOC4)n([C@H]4CCC(F)(F)C4)n3)cc12. The summed E-state index contributed by atoms with van der Waals surface area (Å²) >= 11 is 0. The fourth-order valence-electron chi connectivity index (χ4n) is 4.33. The molecule has 5 nitrogen and oxygen atoms in total. The number of fused-ring (bicyclic) bond motifs is 1. The van der Waals surface area contributed by atoms with Crippen molar-refractivity contribution in [1.29, 1.82) is 0 Å². The first-order chi connectivity index (χ1) is 13.0. The second-order valence-electron chi connectivity index (χ2n) is 7.80. The Bertz CT molecular complexity index is 987. The molecule has 1 aliphatic heterocycles. The van der Waals surface area contributed by atoms with Crippen molar-refractivity contribution in [3.05, 3.63) is 35.8 Å². The molecule has 1 saturated carbocycles. The van der Waals surface area contributed by atoms with Crippen molar-refractivity contribution >= 4 is 11.0 Å². The summed E-state index contributed by atoms with van der Waals surface area (Å²) < 4.78 is 35.0. The fourth-order valence-corrected chi connectivity index (χ4v) is 4.33. The maximum absolute atomic E-state index is 13.8. The van der Waals surface area contributed by atoms with Gasteiger partial charge in [0.1, 0.15) is 5.65 Å². The highest BCUT2D eigenvalue weighted by Crippen LogP contribution is 2.43. The molecule has 1 aliphatic carbocycles. The van der Waals surface area contributed by atoms with Gasteiger partial charge in [-0.15, -0.1) is 0 Å². The van der Waals surface area contributed by atoms with Crippen molar-refractivity contribution in [2.24, 2.45) is 0 Å². The van der Waals surface area contributed by atoms with Gasteiger partial charge in [-0.05, 0) is 37.5 Å². The number of hydrogen-bond acceptors (Lipinski definition) is 3. The number of nitrogens with one attached hydrogen (secondary N) is 1. The van der Waals surface area contributed by atoms with Crippen LogP contribution >= 0.6 is 0 Å². The molecule has 142 valence electrons. The number of H-pyrrole nitrogens is 1. The molecule has 2 atom stereocenters. The van der Waals surface area contributed by atoms with Gasteiger partial charge in [-0.3, -0.25) is 4.68 Å². The average molecular weight is 372 g/mol. The molecule has 0 aromatic carbocycles. The van der Waals surface area contributed by atoms with E-state index in [2.05, 4.69) is 16.0 Å². The summed E-state index contributed by atoms with van der Waals surface area (Å²) in [6, 6.07) is 3.86. The Morgan fingerprint density at radius 1 is 1.30 bits per heavy atom. The van der Waals surface area contributed by atoms with Gasteiger partial charge in [0.2, 0.25) is 5.92 Å². The monoisotopic (exact) mass is 372 g/mol. The minimum Gasteiger partial charge on any atom is -0.381 e. The van der Waals surface area contributed by atoms with E-state index < -0.39 is 5.92 Å². The van der Waals surface area contributed by atoms with Crippen LogP contribution in [0.2, 0.25) is 0 Å². The first-order valence-corrected chi connectivity index (χ1v) is 9.49. The third-order valence-electron chi connectivity index (χ3n) is 5.87. The minimum atomic E-state index is -2.59. The predicted octanol–water partition coefficient (Wildman–Crippen LogP) is 4.60. The Labute approximate surface area is 155 Å². The lowest BCUT2D eigenvalue weighted by Crippen LogP contribution is -2.16. The topological polar surface area (TPSA) is 55.7 Å². The number of aromatic amines is 1. The van der Waals surface area contributed by atoms with Crippen molar-refractivity contribution < 1.29 is 13.5 Å². The summed E-state index contributed by atoms with van der Waals surface area (Å²) in [5.74, 6) is -2.38. The zero-order valence-electron chi connectivity index (χ0n) is 15.2. The molecule has 0 radical (unpaired) electrons. The Morgan fingerprint density at radius 3 is 2.93 bits per heavy atom. The van der Waals surface area contributed by atoms with Gasteiger partial charge in [0.25, 0.3) is 0 Å². The molecular weight excluding hydrogens is 350 g/mol. The average Bonchev–Trinajstić information content (AvgIpc) is 3.40. The number of ether oxygens (including phenoxy) is 1. The van der Waals surface area contributed by atoms with Crippen molar-refractivity contribution in [1.82, 2.24) is 19.7 Å². The number of aromatic nitrogens is 4. The second-order valence-corrected chi connectivity index (χ2v) is 7.80. The number of hydrogen-bond donors (Lipinski definition) is 1. The summed E-state index contributed by atoms with van der Waals surface area (Å²) in [4.78, 5) is 7.63. The lowest BCUT2D eigenvalue weighted by molar-refractivity contribution is 0.00505. The molecule has 2 aliphatic rings. The van der Waals surface area contributed by atoms with Gasteiger partial charge in [0.05, 0.1) is 18.3 Å². The summed E-state index contributed by atoms with van der Waals surface area (Å²) in [7, 11) is 0. The molecule has 3 aromatic rings. The van der Waals surface area contributed by atoms with Crippen LogP contribution in [0.4, 0.5) is 8.78 Å². The van der Waals surface area contributed by atoms with Crippen LogP contribution < -0.4 is 0 Å². The van der Waals surface area contributed by atoms with E-state index in [1.165, 1.54) is 0 Å². The third kappa shape index (κ3) is 2.94. The molecule has 0 bridgehead atoms. The molecule has 5 rings (SSSR count). The van der Waals surface area contributed by atoms with E-state index in [-0.39, 0.29) is 24.8 Å². The van der Waals surface area contributed by atoms with Crippen LogP contribution in [0.5, 0.6) is 0 Å². The lowest BCUT2D eigenvalue weighted by atomic mass is 10.0. The molecular formula is C20H22F2N4O. The van der Waals surface area contributed by atoms with Crippen LogP contribution in [0, 0.1) is 6.92 Å². The quantitative estimate of drug-likeness (QED) is 0.731.